The van der Waals surface area contributed by atoms with E-state index in [1.54, 1.807) is 25.1 Å². The molecule has 21 heavy (non-hydrogen) atoms. The third-order valence-corrected chi connectivity index (χ3v) is 4.58. The summed E-state index contributed by atoms with van der Waals surface area (Å²) in [5.41, 5.74) is 7.33. The van der Waals surface area contributed by atoms with Crippen molar-refractivity contribution in [1.29, 1.82) is 0 Å². The molecule has 2 aromatic carbocycles. The molecule has 3 N–H and O–H groups in total. The van der Waals surface area contributed by atoms with Crippen LogP contribution < -0.4 is 10.5 Å². The van der Waals surface area contributed by atoms with Crippen LogP contribution >= 0.6 is 0 Å². The third-order valence-electron chi connectivity index (χ3n) is 3.13. The molecule has 6 heteroatoms. The number of anilines is 2. The van der Waals surface area contributed by atoms with Crippen LogP contribution in [0.3, 0.4) is 0 Å². The fourth-order valence-corrected chi connectivity index (χ4v) is 3.44. The number of aryl methyl sites for hydroxylation is 2. The van der Waals surface area contributed by atoms with Crippen LogP contribution in [0.5, 0.6) is 0 Å². The molecule has 0 saturated heterocycles. The van der Waals surface area contributed by atoms with Crippen LogP contribution in [0.4, 0.5) is 15.8 Å². The molecule has 0 aliphatic heterocycles. The summed E-state index contributed by atoms with van der Waals surface area (Å²) in [7, 11) is -3.89. The number of halogens is 1. The molecule has 2 aromatic rings. The molecule has 0 bridgehead atoms. The van der Waals surface area contributed by atoms with Gasteiger partial charge in [0.2, 0.25) is 0 Å². The summed E-state index contributed by atoms with van der Waals surface area (Å²) in [6.45, 7) is 3.60. The van der Waals surface area contributed by atoms with Crippen LogP contribution in [-0.4, -0.2) is 8.42 Å². The quantitative estimate of drug-likeness (QED) is 0.853. The van der Waals surface area contributed by atoms with E-state index < -0.39 is 15.8 Å². The van der Waals surface area contributed by atoms with Gasteiger partial charge in [-0.25, -0.2) is 12.8 Å². The van der Waals surface area contributed by atoms with Crippen molar-refractivity contribution in [3.8, 4) is 0 Å². The van der Waals surface area contributed by atoms with Gasteiger partial charge < -0.3 is 5.73 Å². The molecular weight excluding hydrogens is 291 g/mol. The van der Waals surface area contributed by atoms with E-state index in [2.05, 4.69) is 4.72 Å². The second-order valence-electron chi connectivity index (χ2n) is 4.81. The number of hydrogen-bond donors (Lipinski definition) is 2. The van der Waals surface area contributed by atoms with E-state index in [9.17, 15) is 12.8 Å². The first-order valence-electron chi connectivity index (χ1n) is 6.51. The smallest absolute Gasteiger partial charge is 0.262 e. The molecule has 4 nitrogen and oxygen atoms in total. The van der Waals surface area contributed by atoms with E-state index >= 15 is 0 Å². The molecule has 112 valence electrons. The van der Waals surface area contributed by atoms with E-state index in [-0.39, 0.29) is 10.6 Å². The van der Waals surface area contributed by atoms with Crippen molar-refractivity contribution in [3.63, 3.8) is 0 Å². The number of nitrogens with two attached hydrogens (primary N) is 1. The highest BCUT2D eigenvalue weighted by Gasteiger charge is 2.20. The van der Waals surface area contributed by atoms with Crippen molar-refractivity contribution in [2.24, 2.45) is 0 Å². The second-order valence-corrected chi connectivity index (χ2v) is 6.46. The lowest BCUT2D eigenvalue weighted by atomic mass is 10.1. The van der Waals surface area contributed by atoms with Crippen molar-refractivity contribution < 1.29 is 12.8 Å². The predicted molar refractivity (Wildman–Crippen MR) is 82.2 cm³/mol. The Morgan fingerprint density at radius 1 is 1.19 bits per heavy atom. The summed E-state index contributed by atoms with van der Waals surface area (Å²) >= 11 is 0. The molecule has 0 heterocycles. The van der Waals surface area contributed by atoms with Gasteiger partial charge in [-0.05, 0) is 48.7 Å². The maximum Gasteiger partial charge on any atom is 0.262 e. The lowest BCUT2D eigenvalue weighted by Gasteiger charge is -2.13. The molecule has 0 aliphatic carbocycles. The second kappa shape index (κ2) is 5.73. The van der Waals surface area contributed by atoms with Gasteiger partial charge in [0.15, 0.2) is 0 Å². The minimum atomic E-state index is -3.89. The van der Waals surface area contributed by atoms with Crippen molar-refractivity contribution in [2.45, 2.75) is 25.2 Å². The first-order chi connectivity index (χ1) is 9.83. The summed E-state index contributed by atoms with van der Waals surface area (Å²) in [4.78, 5) is 0.0749. The van der Waals surface area contributed by atoms with Crippen LogP contribution in [0.2, 0.25) is 0 Å². The minimum Gasteiger partial charge on any atom is -0.399 e. The molecule has 0 radical (unpaired) electrons. The number of nitrogen functional groups attached to an aromatic ring is 1. The highest BCUT2D eigenvalue weighted by Crippen LogP contribution is 2.24. The summed E-state index contributed by atoms with van der Waals surface area (Å²) in [6.07, 6.45) is 0.535. The standard InChI is InChI=1S/C15H17FN2O2S/c1-3-11-5-6-12(17)9-15(11)21(19,20)18-14-8-10(2)4-7-13(14)16/h4-9,18H,3,17H2,1-2H3. The first kappa shape index (κ1) is 15.3. The molecule has 0 amide bonds. The molecule has 0 atom stereocenters. The van der Waals surface area contributed by atoms with Crippen LogP contribution in [0.25, 0.3) is 0 Å². The zero-order chi connectivity index (χ0) is 15.6. The first-order valence-corrected chi connectivity index (χ1v) is 7.99. The van der Waals surface area contributed by atoms with Crippen molar-refractivity contribution in [2.75, 3.05) is 10.5 Å². The fourth-order valence-electron chi connectivity index (χ4n) is 2.03. The summed E-state index contributed by atoms with van der Waals surface area (Å²) in [6, 6.07) is 8.94. The van der Waals surface area contributed by atoms with Gasteiger partial charge in [-0.3, -0.25) is 4.72 Å². The Labute approximate surface area is 123 Å². The van der Waals surface area contributed by atoms with Crippen molar-refractivity contribution in [3.05, 3.63) is 53.3 Å². The highest BCUT2D eigenvalue weighted by atomic mass is 32.2. The molecule has 0 fully saturated rings. The average molecular weight is 308 g/mol. The predicted octanol–water partition coefficient (Wildman–Crippen LogP) is 3.08. The lowest BCUT2D eigenvalue weighted by Crippen LogP contribution is -2.16. The maximum absolute atomic E-state index is 13.7. The summed E-state index contributed by atoms with van der Waals surface area (Å²) in [5, 5.41) is 0. The number of benzene rings is 2. The van der Waals surface area contributed by atoms with Crippen LogP contribution in [0.15, 0.2) is 41.3 Å². The van der Waals surface area contributed by atoms with Crippen LogP contribution in [0, 0.1) is 12.7 Å². The normalized spacial score (nSPS) is 11.4. The van der Waals surface area contributed by atoms with Crippen LogP contribution in [-0.2, 0) is 16.4 Å². The maximum atomic E-state index is 13.7. The van der Waals surface area contributed by atoms with Gasteiger partial charge in [-0.1, -0.05) is 19.1 Å². The SMILES string of the molecule is CCc1ccc(N)cc1S(=O)(=O)Nc1cc(C)ccc1F. The molecule has 0 unspecified atom stereocenters. The van der Waals surface area contributed by atoms with E-state index in [1.165, 1.54) is 18.2 Å². The monoisotopic (exact) mass is 308 g/mol. The fraction of sp³-hybridized carbons (Fsp3) is 0.200. The largest absolute Gasteiger partial charge is 0.399 e. The number of nitrogens with one attached hydrogen (secondary N) is 1. The van der Waals surface area contributed by atoms with Gasteiger partial charge in [-0.2, -0.15) is 0 Å². The average Bonchev–Trinajstić information content (AvgIpc) is 2.42. The van der Waals surface area contributed by atoms with Gasteiger partial charge in [0.1, 0.15) is 5.82 Å². The molecule has 0 aliphatic rings. The van der Waals surface area contributed by atoms with E-state index in [1.807, 2.05) is 6.92 Å². The molecule has 0 aromatic heterocycles. The summed E-state index contributed by atoms with van der Waals surface area (Å²) in [5.74, 6) is -0.619. The van der Waals surface area contributed by atoms with Crippen molar-refractivity contribution in [1.82, 2.24) is 0 Å². The van der Waals surface area contributed by atoms with E-state index in [0.29, 0.717) is 17.7 Å². The van der Waals surface area contributed by atoms with Gasteiger partial charge >= 0.3 is 0 Å². The Morgan fingerprint density at radius 2 is 1.90 bits per heavy atom. The zero-order valence-electron chi connectivity index (χ0n) is 11.9. The zero-order valence-corrected chi connectivity index (χ0v) is 12.7. The Kier molecular flexibility index (Phi) is 4.18. The highest BCUT2D eigenvalue weighted by molar-refractivity contribution is 7.92. The van der Waals surface area contributed by atoms with Gasteiger partial charge in [0, 0.05) is 5.69 Å². The van der Waals surface area contributed by atoms with Crippen LogP contribution in [0.1, 0.15) is 18.1 Å². The van der Waals surface area contributed by atoms with Crippen molar-refractivity contribution >= 4 is 21.4 Å². The Hall–Kier alpha value is -2.08. The molecule has 2 rings (SSSR count). The Morgan fingerprint density at radius 3 is 2.57 bits per heavy atom. The van der Waals surface area contributed by atoms with Gasteiger partial charge in [0.05, 0.1) is 10.6 Å². The number of rotatable bonds is 4. The third kappa shape index (κ3) is 3.33. The topological polar surface area (TPSA) is 72.2 Å². The number of hydrogen-bond acceptors (Lipinski definition) is 3. The summed E-state index contributed by atoms with van der Waals surface area (Å²) < 4.78 is 40.9. The molecule has 0 saturated carbocycles. The minimum absolute atomic E-state index is 0.0699. The Bertz CT molecular complexity index is 773. The van der Waals surface area contributed by atoms with E-state index in [0.717, 1.165) is 5.56 Å². The lowest BCUT2D eigenvalue weighted by molar-refractivity contribution is 0.597. The van der Waals surface area contributed by atoms with E-state index in [4.69, 9.17) is 5.73 Å². The van der Waals surface area contributed by atoms with Gasteiger partial charge in [-0.15, -0.1) is 0 Å². The Balaban J connectivity index is 2.48. The molecule has 0 spiro atoms. The van der Waals surface area contributed by atoms with Gasteiger partial charge in [0.25, 0.3) is 10.0 Å². The molecular formula is C15H17FN2O2S. The number of sulfonamides is 1.